The normalized spacial score (nSPS) is 10.5. The van der Waals surface area contributed by atoms with Crippen LogP contribution in [0.1, 0.15) is 18.9 Å². The highest BCUT2D eigenvalue weighted by molar-refractivity contribution is 6.42. The number of anilines is 1. The second-order valence-electron chi connectivity index (χ2n) is 5.89. The minimum Gasteiger partial charge on any atom is -0.490 e. The maximum Gasteiger partial charge on any atom is 0.249 e. The largest absolute Gasteiger partial charge is 0.490 e. The zero-order valence-electron chi connectivity index (χ0n) is 16.3. The van der Waals surface area contributed by atoms with Crippen LogP contribution in [0.5, 0.6) is 11.5 Å². The minimum absolute atomic E-state index is 0.302. The highest BCUT2D eigenvalue weighted by Crippen LogP contribution is 2.28. The molecule has 0 radical (unpaired) electrons. The summed E-state index contributed by atoms with van der Waals surface area (Å²) in [5.74, 6) is 0.0516. The third-order valence-electron chi connectivity index (χ3n) is 3.55. The van der Waals surface area contributed by atoms with E-state index in [1.54, 1.807) is 36.4 Å². The first kappa shape index (κ1) is 23.3. The van der Waals surface area contributed by atoms with Crippen molar-refractivity contribution in [2.24, 2.45) is 5.10 Å². The number of hydrogen-bond acceptors (Lipinski definition) is 5. The molecule has 0 aliphatic rings. The van der Waals surface area contributed by atoms with Crippen molar-refractivity contribution in [2.45, 2.75) is 13.3 Å². The Hall–Kier alpha value is -3.03. The number of carbonyl (C=O) groups excluding carboxylic acids is 2. The number of hydrogen-bond donors (Lipinski definition) is 2. The predicted octanol–water partition coefficient (Wildman–Crippen LogP) is 4.44. The van der Waals surface area contributed by atoms with E-state index >= 15 is 0 Å². The molecule has 9 heteroatoms. The summed E-state index contributed by atoms with van der Waals surface area (Å²) in [6.07, 6.45) is 2.67. The third-order valence-corrected chi connectivity index (χ3v) is 4.29. The second kappa shape index (κ2) is 11.8. The van der Waals surface area contributed by atoms with E-state index < -0.39 is 18.2 Å². The van der Waals surface area contributed by atoms with Crippen molar-refractivity contribution in [3.63, 3.8) is 0 Å². The lowest BCUT2D eigenvalue weighted by Crippen LogP contribution is -2.24. The molecule has 0 spiro atoms. The van der Waals surface area contributed by atoms with E-state index in [9.17, 15) is 9.59 Å². The number of nitrogens with zero attached hydrogens (tertiary/aromatic N) is 1. The first-order chi connectivity index (χ1) is 14.4. The molecule has 0 atom stereocenters. The Kier molecular flexibility index (Phi) is 9.18. The summed E-state index contributed by atoms with van der Waals surface area (Å²) in [4.78, 5) is 23.9. The molecule has 0 saturated heterocycles. The van der Waals surface area contributed by atoms with Gasteiger partial charge in [0.1, 0.15) is 13.0 Å². The number of carbonyl (C=O) groups is 2. The number of ether oxygens (including phenoxy) is 2. The van der Waals surface area contributed by atoms with Crippen LogP contribution in [0.15, 0.2) is 54.2 Å². The van der Waals surface area contributed by atoms with Crippen molar-refractivity contribution in [3.8, 4) is 11.5 Å². The van der Waals surface area contributed by atoms with Crippen molar-refractivity contribution in [1.82, 2.24) is 5.43 Å². The lowest BCUT2D eigenvalue weighted by molar-refractivity contribution is -0.126. The Morgan fingerprint density at radius 3 is 2.57 bits per heavy atom. The third kappa shape index (κ3) is 7.42. The second-order valence-corrected chi connectivity index (χ2v) is 6.70. The van der Waals surface area contributed by atoms with Crippen molar-refractivity contribution in [3.05, 3.63) is 64.7 Å². The SMILES string of the molecule is C=CCOc1ccc(/C=N/NC(=O)CC(=O)Nc2ccc(Cl)c(Cl)c2)cc1OCC. The molecule has 2 rings (SSSR count). The van der Waals surface area contributed by atoms with E-state index in [0.29, 0.717) is 46.0 Å². The minimum atomic E-state index is -0.570. The van der Waals surface area contributed by atoms with Gasteiger partial charge in [-0.2, -0.15) is 5.10 Å². The number of amides is 2. The van der Waals surface area contributed by atoms with Crippen LogP contribution in [0.4, 0.5) is 5.69 Å². The van der Waals surface area contributed by atoms with Gasteiger partial charge in [0.05, 0.1) is 22.9 Å². The van der Waals surface area contributed by atoms with Crippen LogP contribution in [0.25, 0.3) is 0 Å². The van der Waals surface area contributed by atoms with Gasteiger partial charge in [0, 0.05) is 5.69 Å². The number of benzene rings is 2. The molecule has 0 aliphatic carbocycles. The smallest absolute Gasteiger partial charge is 0.249 e. The van der Waals surface area contributed by atoms with Gasteiger partial charge < -0.3 is 14.8 Å². The van der Waals surface area contributed by atoms with Gasteiger partial charge in [-0.3, -0.25) is 9.59 Å². The number of hydrazone groups is 1. The topological polar surface area (TPSA) is 89.0 Å². The van der Waals surface area contributed by atoms with Gasteiger partial charge in [-0.25, -0.2) is 5.43 Å². The van der Waals surface area contributed by atoms with Crippen molar-refractivity contribution < 1.29 is 19.1 Å². The summed E-state index contributed by atoms with van der Waals surface area (Å²) < 4.78 is 11.1. The number of halogens is 2. The first-order valence-electron chi connectivity index (χ1n) is 9.00. The molecule has 0 bridgehead atoms. The molecule has 7 nitrogen and oxygen atoms in total. The molecule has 2 N–H and O–H groups in total. The van der Waals surface area contributed by atoms with Gasteiger partial charge in [0.15, 0.2) is 11.5 Å². The molecule has 2 aromatic carbocycles. The lowest BCUT2D eigenvalue weighted by atomic mass is 10.2. The molecule has 0 unspecified atom stereocenters. The summed E-state index contributed by atoms with van der Waals surface area (Å²) in [5, 5.41) is 7.10. The summed E-state index contributed by atoms with van der Waals surface area (Å²) in [7, 11) is 0. The molecule has 30 heavy (non-hydrogen) atoms. The molecule has 0 heterocycles. The maximum atomic E-state index is 12.0. The van der Waals surface area contributed by atoms with Gasteiger partial charge in [-0.15, -0.1) is 0 Å². The van der Waals surface area contributed by atoms with E-state index in [1.165, 1.54) is 12.3 Å². The Morgan fingerprint density at radius 1 is 1.07 bits per heavy atom. The molecule has 0 fully saturated rings. The molecule has 0 aromatic heterocycles. The van der Waals surface area contributed by atoms with E-state index in [2.05, 4.69) is 22.4 Å². The van der Waals surface area contributed by atoms with E-state index in [-0.39, 0.29) is 0 Å². The summed E-state index contributed by atoms with van der Waals surface area (Å²) in [5.41, 5.74) is 3.43. The summed E-state index contributed by atoms with van der Waals surface area (Å²) >= 11 is 11.7. The Bertz CT molecular complexity index is 948. The molecule has 0 saturated carbocycles. The van der Waals surface area contributed by atoms with Crippen LogP contribution in [0.2, 0.25) is 10.0 Å². The fraction of sp³-hybridized carbons (Fsp3) is 0.190. The van der Waals surface area contributed by atoms with Crippen molar-refractivity contribution in [1.29, 1.82) is 0 Å². The van der Waals surface area contributed by atoms with Crippen LogP contribution in [0, 0.1) is 0 Å². The molecular weight excluding hydrogens is 429 g/mol. The van der Waals surface area contributed by atoms with Gasteiger partial charge in [-0.05, 0) is 48.9 Å². The average molecular weight is 450 g/mol. The zero-order chi connectivity index (χ0) is 21.9. The number of rotatable bonds is 10. The highest BCUT2D eigenvalue weighted by atomic mass is 35.5. The van der Waals surface area contributed by atoms with Crippen LogP contribution in [-0.4, -0.2) is 31.2 Å². The molecule has 158 valence electrons. The monoisotopic (exact) mass is 449 g/mol. The number of nitrogens with one attached hydrogen (secondary N) is 2. The fourth-order valence-electron chi connectivity index (χ4n) is 2.28. The standard InChI is InChI=1S/C21H21Cl2N3O4/c1-3-9-30-18-8-5-14(10-19(18)29-4-2)13-24-26-21(28)12-20(27)25-15-6-7-16(22)17(23)11-15/h3,5-8,10-11,13H,1,4,9,12H2,2H3,(H,25,27)(H,26,28)/b24-13+. The molecule has 2 amide bonds. The summed E-state index contributed by atoms with van der Waals surface area (Å²) in [6, 6.07) is 9.86. The van der Waals surface area contributed by atoms with Gasteiger partial charge >= 0.3 is 0 Å². The molecule has 0 aliphatic heterocycles. The maximum absolute atomic E-state index is 12.0. The predicted molar refractivity (Wildman–Crippen MR) is 119 cm³/mol. The highest BCUT2D eigenvalue weighted by Gasteiger charge is 2.10. The Balaban J connectivity index is 1.89. The quantitative estimate of drug-likeness (QED) is 0.243. The van der Waals surface area contributed by atoms with E-state index in [0.717, 1.165) is 0 Å². The Morgan fingerprint density at radius 2 is 1.87 bits per heavy atom. The fourth-order valence-corrected chi connectivity index (χ4v) is 2.58. The van der Waals surface area contributed by atoms with Gasteiger partial charge in [0.25, 0.3) is 0 Å². The van der Waals surface area contributed by atoms with E-state index in [4.69, 9.17) is 32.7 Å². The van der Waals surface area contributed by atoms with Gasteiger partial charge in [0.2, 0.25) is 11.8 Å². The molecule has 2 aromatic rings. The van der Waals surface area contributed by atoms with Crippen LogP contribution < -0.4 is 20.2 Å². The molecular formula is C21H21Cl2N3O4. The van der Waals surface area contributed by atoms with Crippen molar-refractivity contribution in [2.75, 3.05) is 18.5 Å². The summed E-state index contributed by atoms with van der Waals surface area (Å²) in [6.45, 7) is 6.30. The van der Waals surface area contributed by atoms with Crippen molar-refractivity contribution >= 4 is 46.9 Å². The van der Waals surface area contributed by atoms with Crippen LogP contribution in [-0.2, 0) is 9.59 Å². The average Bonchev–Trinajstić information content (AvgIpc) is 2.70. The van der Waals surface area contributed by atoms with Crippen LogP contribution >= 0.6 is 23.2 Å². The lowest BCUT2D eigenvalue weighted by Gasteiger charge is -2.11. The van der Waals surface area contributed by atoms with E-state index in [1.807, 2.05) is 6.92 Å². The zero-order valence-corrected chi connectivity index (χ0v) is 17.8. The first-order valence-corrected chi connectivity index (χ1v) is 9.75. The van der Waals surface area contributed by atoms with Crippen LogP contribution in [0.3, 0.4) is 0 Å². The Labute approximate surface area is 184 Å². The van der Waals surface area contributed by atoms with Gasteiger partial charge in [-0.1, -0.05) is 35.9 Å².